The second kappa shape index (κ2) is 5.20. The van der Waals surface area contributed by atoms with Crippen molar-refractivity contribution in [3.63, 3.8) is 0 Å². The predicted molar refractivity (Wildman–Crippen MR) is 64.6 cm³/mol. The highest BCUT2D eigenvalue weighted by atomic mass is 19.4. The van der Waals surface area contributed by atoms with Crippen LogP contribution in [0.1, 0.15) is 5.56 Å². The zero-order valence-corrected chi connectivity index (χ0v) is 9.92. The number of nitro benzene ring substituents is 1. The number of halogens is 3. The van der Waals surface area contributed by atoms with E-state index in [0.29, 0.717) is 5.75 Å². The lowest BCUT2D eigenvalue weighted by Crippen LogP contribution is -2.03. The summed E-state index contributed by atoms with van der Waals surface area (Å²) < 4.78 is 42.4. The van der Waals surface area contributed by atoms with Crippen molar-refractivity contribution in [3.05, 3.63) is 64.2 Å². The van der Waals surface area contributed by atoms with Crippen molar-refractivity contribution in [2.24, 2.45) is 0 Å². The molecular weight excluding hydrogens is 275 g/mol. The predicted octanol–water partition coefficient (Wildman–Crippen LogP) is 4.41. The molecule has 0 bridgehead atoms. The van der Waals surface area contributed by atoms with Gasteiger partial charge in [-0.25, -0.2) is 0 Å². The maximum atomic E-state index is 12.4. The maximum absolute atomic E-state index is 12.4. The Morgan fingerprint density at radius 3 is 1.75 bits per heavy atom. The Morgan fingerprint density at radius 2 is 1.35 bits per heavy atom. The molecule has 0 radical (unpaired) electrons. The molecule has 2 rings (SSSR count). The van der Waals surface area contributed by atoms with Crippen LogP contribution in [0.25, 0.3) is 0 Å². The summed E-state index contributed by atoms with van der Waals surface area (Å²) in [5.74, 6) is 0.516. The largest absolute Gasteiger partial charge is 0.457 e. The first-order chi connectivity index (χ1) is 9.36. The fourth-order valence-corrected chi connectivity index (χ4v) is 1.48. The third-order valence-corrected chi connectivity index (χ3v) is 2.46. The molecule has 0 heterocycles. The number of benzene rings is 2. The number of hydrogen-bond acceptors (Lipinski definition) is 3. The topological polar surface area (TPSA) is 52.4 Å². The van der Waals surface area contributed by atoms with Crippen molar-refractivity contribution in [1.29, 1.82) is 0 Å². The Hall–Kier alpha value is -2.57. The van der Waals surface area contributed by atoms with Gasteiger partial charge in [0.1, 0.15) is 11.5 Å². The van der Waals surface area contributed by atoms with Crippen LogP contribution in [0.4, 0.5) is 18.9 Å². The second-order valence-electron chi connectivity index (χ2n) is 3.88. The average molecular weight is 283 g/mol. The van der Waals surface area contributed by atoms with Gasteiger partial charge in [0.25, 0.3) is 5.69 Å². The molecule has 0 aromatic heterocycles. The lowest BCUT2D eigenvalue weighted by molar-refractivity contribution is -0.384. The molecule has 0 aliphatic carbocycles. The Labute approximate surface area is 111 Å². The van der Waals surface area contributed by atoms with E-state index in [2.05, 4.69) is 0 Å². The van der Waals surface area contributed by atoms with E-state index in [-0.39, 0.29) is 11.4 Å². The number of rotatable bonds is 3. The fraction of sp³-hybridized carbons (Fsp3) is 0.0769. The van der Waals surface area contributed by atoms with E-state index in [0.717, 1.165) is 12.1 Å². The minimum Gasteiger partial charge on any atom is -0.457 e. The van der Waals surface area contributed by atoms with Crippen LogP contribution in [0.2, 0.25) is 0 Å². The van der Waals surface area contributed by atoms with Gasteiger partial charge in [-0.15, -0.1) is 0 Å². The van der Waals surface area contributed by atoms with E-state index in [1.54, 1.807) is 0 Å². The van der Waals surface area contributed by atoms with E-state index >= 15 is 0 Å². The fourth-order valence-electron chi connectivity index (χ4n) is 1.48. The molecule has 104 valence electrons. The molecule has 2 aromatic rings. The summed E-state index contributed by atoms with van der Waals surface area (Å²) >= 11 is 0. The highest BCUT2D eigenvalue weighted by Crippen LogP contribution is 2.31. The molecule has 0 amide bonds. The van der Waals surface area contributed by atoms with Crippen LogP contribution in [0, 0.1) is 10.1 Å². The molecule has 0 saturated heterocycles. The molecule has 0 spiro atoms. The number of alkyl halides is 3. The molecule has 7 heteroatoms. The average Bonchev–Trinajstić information content (AvgIpc) is 2.39. The van der Waals surface area contributed by atoms with Crippen molar-refractivity contribution in [2.75, 3.05) is 0 Å². The van der Waals surface area contributed by atoms with Crippen LogP contribution in [-0.4, -0.2) is 4.92 Å². The Morgan fingerprint density at radius 1 is 0.900 bits per heavy atom. The van der Waals surface area contributed by atoms with Gasteiger partial charge in [-0.1, -0.05) is 0 Å². The lowest BCUT2D eigenvalue weighted by atomic mass is 10.2. The highest BCUT2D eigenvalue weighted by molar-refractivity contribution is 5.39. The molecule has 0 aliphatic rings. The number of non-ortho nitro benzene ring substituents is 1. The minimum absolute atomic E-state index is 0.0928. The van der Waals surface area contributed by atoms with Gasteiger partial charge in [-0.3, -0.25) is 10.1 Å². The van der Waals surface area contributed by atoms with Crippen LogP contribution >= 0.6 is 0 Å². The molecule has 0 aliphatic heterocycles. The van der Waals surface area contributed by atoms with E-state index in [9.17, 15) is 23.3 Å². The highest BCUT2D eigenvalue weighted by Gasteiger charge is 2.30. The molecule has 4 nitrogen and oxygen atoms in total. The molecule has 20 heavy (non-hydrogen) atoms. The minimum atomic E-state index is -4.40. The van der Waals surface area contributed by atoms with Crippen LogP contribution in [0.3, 0.4) is 0 Å². The Kier molecular flexibility index (Phi) is 3.60. The SMILES string of the molecule is O=[N+]([O-])c1ccc(Oc2ccc(C(F)(F)F)cc2)cc1. The van der Waals surface area contributed by atoms with Gasteiger partial charge in [-0.05, 0) is 36.4 Å². The molecule has 0 N–H and O–H groups in total. The summed E-state index contributed by atoms with van der Waals surface area (Å²) in [5, 5.41) is 10.5. The van der Waals surface area contributed by atoms with Crippen LogP contribution < -0.4 is 4.74 Å². The summed E-state index contributed by atoms with van der Waals surface area (Å²) in [4.78, 5) is 9.91. The van der Waals surface area contributed by atoms with Crippen molar-refractivity contribution < 1.29 is 22.8 Å². The lowest BCUT2D eigenvalue weighted by Gasteiger charge is -2.08. The maximum Gasteiger partial charge on any atom is 0.416 e. The van der Waals surface area contributed by atoms with Gasteiger partial charge < -0.3 is 4.74 Å². The van der Waals surface area contributed by atoms with Crippen LogP contribution in [0.5, 0.6) is 11.5 Å². The van der Waals surface area contributed by atoms with E-state index < -0.39 is 16.7 Å². The van der Waals surface area contributed by atoms with E-state index in [1.807, 2.05) is 0 Å². The number of nitrogens with zero attached hydrogens (tertiary/aromatic N) is 1. The van der Waals surface area contributed by atoms with Gasteiger partial charge in [-0.2, -0.15) is 13.2 Å². The summed E-state index contributed by atoms with van der Waals surface area (Å²) in [6, 6.07) is 9.42. The van der Waals surface area contributed by atoms with E-state index in [1.165, 1.54) is 36.4 Å². The second-order valence-corrected chi connectivity index (χ2v) is 3.88. The molecule has 0 saturated carbocycles. The molecular formula is C13H8F3NO3. The number of ether oxygens (including phenoxy) is 1. The summed E-state index contributed by atoms with van der Waals surface area (Å²) in [5.41, 5.74) is -0.863. The van der Waals surface area contributed by atoms with Gasteiger partial charge in [0.05, 0.1) is 10.5 Å². The van der Waals surface area contributed by atoms with Gasteiger partial charge >= 0.3 is 6.18 Å². The molecule has 0 fully saturated rings. The first kappa shape index (κ1) is 13.9. The first-order valence-corrected chi connectivity index (χ1v) is 5.46. The summed E-state index contributed by atoms with van der Waals surface area (Å²) in [6.45, 7) is 0. The number of nitro groups is 1. The van der Waals surface area contributed by atoms with Crippen LogP contribution in [0.15, 0.2) is 48.5 Å². The van der Waals surface area contributed by atoms with E-state index in [4.69, 9.17) is 4.74 Å². The monoisotopic (exact) mass is 283 g/mol. The smallest absolute Gasteiger partial charge is 0.416 e. The normalized spacial score (nSPS) is 11.2. The standard InChI is InChI=1S/C13H8F3NO3/c14-13(15,16)9-1-5-11(6-2-9)20-12-7-3-10(4-8-12)17(18)19/h1-8H. The van der Waals surface area contributed by atoms with Crippen molar-refractivity contribution in [2.45, 2.75) is 6.18 Å². The first-order valence-electron chi connectivity index (χ1n) is 5.46. The Balaban J connectivity index is 2.12. The van der Waals surface area contributed by atoms with Crippen molar-refractivity contribution in [3.8, 4) is 11.5 Å². The zero-order chi connectivity index (χ0) is 14.8. The third-order valence-electron chi connectivity index (χ3n) is 2.46. The van der Waals surface area contributed by atoms with Gasteiger partial charge in [0.2, 0.25) is 0 Å². The van der Waals surface area contributed by atoms with Gasteiger partial charge in [0.15, 0.2) is 0 Å². The van der Waals surface area contributed by atoms with Crippen molar-refractivity contribution >= 4 is 5.69 Å². The Bertz CT molecular complexity index is 606. The van der Waals surface area contributed by atoms with Gasteiger partial charge in [0, 0.05) is 12.1 Å². The number of hydrogen-bond donors (Lipinski definition) is 0. The third kappa shape index (κ3) is 3.25. The van der Waals surface area contributed by atoms with Crippen molar-refractivity contribution in [1.82, 2.24) is 0 Å². The van der Waals surface area contributed by atoms with Crippen LogP contribution in [-0.2, 0) is 6.18 Å². The molecule has 2 aromatic carbocycles. The zero-order valence-electron chi connectivity index (χ0n) is 9.92. The molecule has 0 atom stereocenters. The summed E-state index contributed by atoms with van der Waals surface area (Å²) in [7, 11) is 0. The quantitative estimate of drug-likeness (QED) is 0.619. The molecule has 0 unspecified atom stereocenters. The summed E-state index contributed by atoms with van der Waals surface area (Å²) in [6.07, 6.45) is -4.40.